The first-order chi connectivity index (χ1) is 8.53. The van der Waals surface area contributed by atoms with E-state index in [0.717, 1.165) is 38.4 Å². The van der Waals surface area contributed by atoms with Gasteiger partial charge in [0, 0.05) is 31.6 Å². The molecule has 0 bridgehead atoms. The van der Waals surface area contributed by atoms with Crippen LogP contribution < -0.4 is 0 Å². The third-order valence-electron chi connectivity index (χ3n) is 4.55. The van der Waals surface area contributed by atoms with Crippen molar-refractivity contribution in [2.24, 2.45) is 11.3 Å². The molecule has 2 aliphatic rings. The Morgan fingerprint density at radius 3 is 2.50 bits per heavy atom. The van der Waals surface area contributed by atoms with E-state index in [0.29, 0.717) is 5.91 Å². The summed E-state index contributed by atoms with van der Waals surface area (Å²) in [6, 6.07) is 0. The quantitative estimate of drug-likeness (QED) is 0.767. The van der Waals surface area contributed by atoms with Crippen molar-refractivity contribution in [1.29, 1.82) is 0 Å². The van der Waals surface area contributed by atoms with Gasteiger partial charge in [0.2, 0.25) is 5.91 Å². The van der Waals surface area contributed by atoms with Crippen LogP contribution in [-0.4, -0.2) is 48.4 Å². The van der Waals surface area contributed by atoms with Gasteiger partial charge in [0.05, 0.1) is 0 Å². The number of amides is 1. The van der Waals surface area contributed by atoms with Crippen molar-refractivity contribution in [3.63, 3.8) is 0 Å². The van der Waals surface area contributed by atoms with Crippen molar-refractivity contribution in [3.8, 4) is 0 Å². The number of nitrogens with zero attached hydrogens (tertiary/aromatic N) is 2. The van der Waals surface area contributed by atoms with E-state index < -0.39 is 0 Å². The van der Waals surface area contributed by atoms with Crippen LogP contribution in [0, 0.1) is 11.3 Å². The number of rotatable bonds is 4. The lowest BCUT2D eigenvalue weighted by molar-refractivity contribution is -0.140. The molecular weight excluding hydrogens is 224 g/mol. The second kappa shape index (κ2) is 5.60. The molecule has 0 aromatic carbocycles. The van der Waals surface area contributed by atoms with E-state index in [-0.39, 0.29) is 5.41 Å². The second-order valence-corrected chi connectivity index (χ2v) is 6.63. The Morgan fingerprint density at radius 2 is 1.89 bits per heavy atom. The molecule has 1 aliphatic carbocycles. The van der Waals surface area contributed by atoms with E-state index in [4.69, 9.17) is 0 Å². The van der Waals surface area contributed by atoms with Gasteiger partial charge < -0.3 is 9.80 Å². The third kappa shape index (κ3) is 3.47. The zero-order chi connectivity index (χ0) is 13.2. The Labute approximate surface area is 112 Å². The molecule has 3 heteroatoms. The topological polar surface area (TPSA) is 23.6 Å². The van der Waals surface area contributed by atoms with Crippen LogP contribution in [0.5, 0.6) is 0 Å². The molecule has 0 atom stereocenters. The fourth-order valence-corrected chi connectivity index (χ4v) is 2.60. The Morgan fingerprint density at radius 1 is 1.17 bits per heavy atom. The molecule has 2 fully saturated rings. The molecule has 0 aromatic heterocycles. The number of hydrogen-bond acceptors (Lipinski definition) is 2. The van der Waals surface area contributed by atoms with Crippen molar-refractivity contribution < 1.29 is 4.79 Å². The highest BCUT2D eigenvalue weighted by Gasteiger charge is 2.32. The largest absolute Gasteiger partial charge is 0.341 e. The fraction of sp³-hybridized carbons (Fsp3) is 0.933. The Kier molecular flexibility index (Phi) is 4.31. The van der Waals surface area contributed by atoms with Crippen molar-refractivity contribution in [2.75, 3.05) is 32.7 Å². The number of carbonyl (C=O) groups is 1. The normalized spacial score (nSPS) is 22.9. The van der Waals surface area contributed by atoms with E-state index in [9.17, 15) is 4.79 Å². The van der Waals surface area contributed by atoms with Gasteiger partial charge in [-0.25, -0.2) is 0 Å². The van der Waals surface area contributed by atoms with E-state index in [1.807, 2.05) is 0 Å². The van der Waals surface area contributed by atoms with Gasteiger partial charge in [-0.2, -0.15) is 0 Å². The summed E-state index contributed by atoms with van der Waals surface area (Å²) in [7, 11) is 0. The molecule has 0 spiro atoms. The van der Waals surface area contributed by atoms with Crippen molar-refractivity contribution in [3.05, 3.63) is 0 Å². The lowest BCUT2D eigenvalue weighted by Gasteiger charge is -2.30. The SMILES string of the molecule is CCC(C)(C)C(=O)N1CCCN(CC2CC2)CC1. The fourth-order valence-electron chi connectivity index (χ4n) is 2.60. The van der Waals surface area contributed by atoms with Crippen LogP contribution in [0.2, 0.25) is 0 Å². The minimum Gasteiger partial charge on any atom is -0.341 e. The summed E-state index contributed by atoms with van der Waals surface area (Å²) in [6.07, 6.45) is 4.90. The van der Waals surface area contributed by atoms with Crippen molar-refractivity contribution >= 4 is 5.91 Å². The zero-order valence-corrected chi connectivity index (χ0v) is 12.2. The number of carbonyl (C=O) groups excluding carboxylic acids is 1. The molecule has 2 rings (SSSR count). The maximum Gasteiger partial charge on any atom is 0.228 e. The molecule has 0 unspecified atom stereocenters. The number of hydrogen-bond donors (Lipinski definition) is 0. The van der Waals surface area contributed by atoms with Crippen LogP contribution in [0.3, 0.4) is 0 Å². The maximum absolute atomic E-state index is 12.5. The maximum atomic E-state index is 12.5. The molecule has 1 saturated carbocycles. The van der Waals surface area contributed by atoms with Gasteiger partial charge in [0.15, 0.2) is 0 Å². The molecular formula is C15H28N2O. The lowest BCUT2D eigenvalue weighted by Crippen LogP contribution is -2.42. The Bertz CT molecular complexity index is 297. The molecule has 1 aliphatic heterocycles. The van der Waals surface area contributed by atoms with E-state index in [1.54, 1.807) is 0 Å². The monoisotopic (exact) mass is 252 g/mol. The Hall–Kier alpha value is -0.570. The summed E-state index contributed by atoms with van der Waals surface area (Å²) in [6.45, 7) is 11.6. The van der Waals surface area contributed by atoms with Crippen molar-refractivity contribution in [2.45, 2.75) is 46.5 Å². The molecule has 104 valence electrons. The average molecular weight is 252 g/mol. The Balaban J connectivity index is 1.85. The third-order valence-corrected chi connectivity index (χ3v) is 4.55. The van der Waals surface area contributed by atoms with Crippen LogP contribution in [0.15, 0.2) is 0 Å². The molecule has 0 radical (unpaired) electrons. The standard InChI is InChI=1S/C15H28N2O/c1-4-15(2,3)14(18)17-9-5-8-16(10-11-17)12-13-6-7-13/h13H,4-12H2,1-3H3. The summed E-state index contributed by atoms with van der Waals surface area (Å²) < 4.78 is 0. The van der Waals surface area contributed by atoms with Gasteiger partial charge >= 0.3 is 0 Å². The first-order valence-electron chi connectivity index (χ1n) is 7.54. The lowest BCUT2D eigenvalue weighted by atomic mass is 9.88. The average Bonchev–Trinajstić information content (AvgIpc) is 3.16. The highest BCUT2D eigenvalue weighted by atomic mass is 16.2. The van der Waals surface area contributed by atoms with Gasteiger partial charge in [-0.1, -0.05) is 20.8 Å². The van der Waals surface area contributed by atoms with E-state index >= 15 is 0 Å². The smallest absolute Gasteiger partial charge is 0.228 e. The van der Waals surface area contributed by atoms with Crippen LogP contribution in [0.25, 0.3) is 0 Å². The summed E-state index contributed by atoms with van der Waals surface area (Å²) >= 11 is 0. The molecule has 1 heterocycles. The van der Waals surface area contributed by atoms with Gasteiger partial charge in [-0.3, -0.25) is 4.79 Å². The minimum atomic E-state index is -0.189. The predicted octanol–water partition coefficient (Wildman–Crippen LogP) is 2.37. The molecule has 18 heavy (non-hydrogen) atoms. The van der Waals surface area contributed by atoms with E-state index in [1.165, 1.54) is 25.9 Å². The first-order valence-corrected chi connectivity index (χ1v) is 7.54. The summed E-state index contributed by atoms with van der Waals surface area (Å²) in [5, 5.41) is 0. The van der Waals surface area contributed by atoms with Crippen LogP contribution in [0.4, 0.5) is 0 Å². The van der Waals surface area contributed by atoms with Crippen LogP contribution in [0.1, 0.15) is 46.5 Å². The molecule has 0 N–H and O–H groups in total. The summed E-state index contributed by atoms with van der Waals surface area (Å²) in [5.41, 5.74) is -0.189. The first kappa shape index (κ1) is 13.9. The molecule has 0 aromatic rings. The second-order valence-electron chi connectivity index (χ2n) is 6.63. The van der Waals surface area contributed by atoms with Crippen LogP contribution in [-0.2, 0) is 4.79 Å². The van der Waals surface area contributed by atoms with Gasteiger partial charge in [-0.15, -0.1) is 0 Å². The van der Waals surface area contributed by atoms with Gasteiger partial charge in [0.25, 0.3) is 0 Å². The minimum absolute atomic E-state index is 0.189. The van der Waals surface area contributed by atoms with Crippen LogP contribution >= 0.6 is 0 Å². The van der Waals surface area contributed by atoms with Crippen molar-refractivity contribution in [1.82, 2.24) is 9.80 Å². The zero-order valence-electron chi connectivity index (χ0n) is 12.2. The highest BCUT2D eigenvalue weighted by Crippen LogP contribution is 2.30. The van der Waals surface area contributed by atoms with E-state index in [2.05, 4.69) is 30.6 Å². The highest BCUT2D eigenvalue weighted by molar-refractivity contribution is 5.81. The van der Waals surface area contributed by atoms with Gasteiger partial charge in [0.1, 0.15) is 0 Å². The summed E-state index contributed by atoms with van der Waals surface area (Å²) in [4.78, 5) is 17.1. The molecule has 3 nitrogen and oxygen atoms in total. The predicted molar refractivity (Wildman–Crippen MR) is 74.4 cm³/mol. The summed E-state index contributed by atoms with van der Waals surface area (Å²) in [5.74, 6) is 1.30. The van der Waals surface area contributed by atoms with Gasteiger partial charge in [-0.05, 0) is 38.1 Å². The molecule has 1 amide bonds. The molecule has 1 saturated heterocycles.